The maximum absolute atomic E-state index is 13.3. The first-order valence-electron chi connectivity index (χ1n) is 11.9. The quantitative estimate of drug-likeness (QED) is 0.341. The standard InChI is InChI=1S/C28H30N4O4/c1-4-31(20-11-6-5-7-12-20)16-10-15-29-27(33)26-24-13-8-9-14-25(24)28(34)32(30-26)21-17-22(35-2)19-23(18-21)36-3/h5-9,11-14,17-19H,4,10,15-16H2,1-3H3,(H,29,33). The van der Waals surface area contributed by atoms with Gasteiger partial charge in [0.2, 0.25) is 0 Å². The van der Waals surface area contributed by atoms with Crippen molar-refractivity contribution in [2.75, 3.05) is 38.8 Å². The fourth-order valence-electron chi connectivity index (χ4n) is 4.11. The molecule has 0 bridgehead atoms. The summed E-state index contributed by atoms with van der Waals surface area (Å²) in [5, 5.41) is 8.35. The van der Waals surface area contributed by atoms with E-state index in [9.17, 15) is 9.59 Å². The number of methoxy groups -OCH3 is 2. The monoisotopic (exact) mass is 486 g/mol. The molecule has 0 atom stereocenters. The first kappa shape index (κ1) is 24.8. The summed E-state index contributed by atoms with van der Waals surface area (Å²) >= 11 is 0. The van der Waals surface area contributed by atoms with Crippen LogP contribution in [0.1, 0.15) is 23.8 Å². The van der Waals surface area contributed by atoms with Crippen LogP contribution in [0.3, 0.4) is 0 Å². The topological polar surface area (TPSA) is 85.7 Å². The van der Waals surface area contributed by atoms with Gasteiger partial charge in [0.05, 0.1) is 25.3 Å². The molecule has 36 heavy (non-hydrogen) atoms. The second-order valence-corrected chi connectivity index (χ2v) is 8.21. The Labute approximate surface area is 210 Å². The normalized spacial score (nSPS) is 10.8. The Kier molecular flexibility index (Phi) is 7.85. The Bertz CT molecular complexity index is 1380. The molecular formula is C28H30N4O4. The Morgan fingerprint density at radius 3 is 2.22 bits per heavy atom. The Morgan fingerprint density at radius 2 is 1.58 bits per heavy atom. The van der Waals surface area contributed by atoms with E-state index in [2.05, 4.69) is 34.4 Å². The first-order chi connectivity index (χ1) is 17.5. The number of nitrogens with one attached hydrogen (secondary N) is 1. The van der Waals surface area contributed by atoms with Crippen LogP contribution in [0, 0.1) is 0 Å². The van der Waals surface area contributed by atoms with Crippen LogP contribution in [0.4, 0.5) is 5.69 Å². The number of hydrogen-bond donors (Lipinski definition) is 1. The van der Waals surface area contributed by atoms with E-state index in [-0.39, 0.29) is 17.2 Å². The van der Waals surface area contributed by atoms with Crippen LogP contribution >= 0.6 is 0 Å². The molecule has 0 spiro atoms. The fourth-order valence-corrected chi connectivity index (χ4v) is 4.11. The van der Waals surface area contributed by atoms with Gasteiger partial charge in [-0.25, -0.2) is 0 Å². The number of anilines is 1. The number of amides is 1. The molecule has 0 aliphatic heterocycles. The summed E-state index contributed by atoms with van der Waals surface area (Å²) in [6.45, 7) is 4.26. The smallest absolute Gasteiger partial charge is 0.279 e. The molecule has 0 aliphatic rings. The van der Waals surface area contributed by atoms with Crippen LogP contribution in [0.25, 0.3) is 16.5 Å². The number of carbonyl (C=O) groups is 1. The molecule has 0 aliphatic carbocycles. The summed E-state index contributed by atoms with van der Waals surface area (Å²) in [5.74, 6) is 0.685. The maximum Gasteiger partial charge on any atom is 0.279 e. The number of aromatic nitrogens is 2. The van der Waals surface area contributed by atoms with Gasteiger partial charge in [-0.1, -0.05) is 36.4 Å². The van der Waals surface area contributed by atoms with Gasteiger partial charge >= 0.3 is 0 Å². The second-order valence-electron chi connectivity index (χ2n) is 8.21. The van der Waals surface area contributed by atoms with Gasteiger partial charge in [0.1, 0.15) is 11.5 Å². The van der Waals surface area contributed by atoms with Crippen molar-refractivity contribution < 1.29 is 14.3 Å². The van der Waals surface area contributed by atoms with Gasteiger partial charge in [0.25, 0.3) is 11.5 Å². The zero-order chi connectivity index (χ0) is 25.5. The molecule has 0 fully saturated rings. The minimum Gasteiger partial charge on any atom is -0.497 e. The lowest BCUT2D eigenvalue weighted by Crippen LogP contribution is -2.32. The molecule has 4 rings (SSSR count). The van der Waals surface area contributed by atoms with Crippen molar-refractivity contribution in [3.63, 3.8) is 0 Å². The molecule has 0 saturated carbocycles. The zero-order valence-corrected chi connectivity index (χ0v) is 20.7. The van der Waals surface area contributed by atoms with Gasteiger partial charge in [0.15, 0.2) is 5.69 Å². The molecule has 186 valence electrons. The summed E-state index contributed by atoms with van der Waals surface area (Å²) in [6, 6.07) is 22.2. The molecule has 1 aromatic heterocycles. The molecule has 4 aromatic rings. The van der Waals surface area contributed by atoms with E-state index in [1.165, 1.54) is 18.9 Å². The zero-order valence-electron chi connectivity index (χ0n) is 20.7. The van der Waals surface area contributed by atoms with E-state index in [1.807, 2.05) is 18.2 Å². The van der Waals surface area contributed by atoms with E-state index in [4.69, 9.17) is 9.47 Å². The lowest BCUT2D eigenvalue weighted by Gasteiger charge is -2.23. The Hall–Kier alpha value is -4.33. The summed E-state index contributed by atoms with van der Waals surface area (Å²) in [7, 11) is 3.07. The van der Waals surface area contributed by atoms with E-state index in [0.717, 1.165) is 25.2 Å². The van der Waals surface area contributed by atoms with Crippen LogP contribution in [0.15, 0.2) is 77.6 Å². The van der Waals surface area contributed by atoms with Crippen LogP contribution in [0.2, 0.25) is 0 Å². The number of rotatable bonds is 10. The highest BCUT2D eigenvalue weighted by molar-refractivity contribution is 6.04. The molecule has 0 unspecified atom stereocenters. The van der Waals surface area contributed by atoms with Crippen molar-refractivity contribution in [2.24, 2.45) is 0 Å². The number of carbonyl (C=O) groups excluding carboxylic acids is 1. The molecule has 8 heteroatoms. The highest BCUT2D eigenvalue weighted by Crippen LogP contribution is 2.25. The third-order valence-corrected chi connectivity index (χ3v) is 5.99. The third-order valence-electron chi connectivity index (χ3n) is 5.99. The summed E-state index contributed by atoms with van der Waals surface area (Å²) in [6.07, 6.45) is 0.763. The minimum atomic E-state index is -0.336. The lowest BCUT2D eigenvalue weighted by molar-refractivity contribution is 0.0948. The van der Waals surface area contributed by atoms with E-state index < -0.39 is 0 Å². The van der Waals surface area contributed by atoms with Crippen molar-refractivity contribution in [3.8, 4) is 17.2 Å². The first-order valence-corrected chi connectivity index (χ1v) is 11.9. The average Bonchev–Trinajstić information content (AvgIpc) is 2.93. The van der Waals surface area contributed by atoms with Crippen LogP contribution in [-0.2, 0) is 0 Å². The molecule has 0 saturated heterocycles. The van der Waals surface area contributed by atoms with Gasteiger partial charge in [-0.05, 0) is 31.5 Å². The fraction of sp³-hybridized carbons (Fsp3) is 0.250. The van der Waals surface area contributed by atoms with Crippen molar-refractivity contribution >= 4 is 22.4 Å². The number of para-hydroxylation sites is 1. The van der Waals surface area contributed by atoms with Gasteiger partial charge < -0.3 is 19.7 Å². The number of hydrogen-bond acceptors (Lipinski definition) is 6. The van der Waals surface area contributed by atoms with E-state index in [0.29, 0.717) is 34.5 Å². The highest BCUT2D eigenvalue weighted by Gasteiger charge is 2.18. The summed E-state index contributed by atoms with van der Waals surface area (Å²) in [4.78, 5) is 28.8. The van der Waals surface area contributed by atoms with Crippen LogP contribution in [0.5, 0.6) is 11.5 Å². The minimum absolute atomic E-state index is 0.183. The summed E-state index contributed by atoms with van der Waals surface area (Å²) < 4.78 is 11.9. The largest absolute Gasteiger partial charge is 0.497 e. The van der Waals surface area contributed by atoms with Crippen LogP contribution in [-0.4, -0.2) is 49.5 Å². The predicted molar refractivity (Wildman–Crippen MR) is 142 cm³/mol. The molecule has 1 heterocycles. The summed E-state index contributed by atoms with van der Waals surface area (Å²) in [5.41, 5.74) is 1.44. The van der Waals surface area contributed by atoms with Crippen molar-refractivity contribution in [1.82, 2.24) is 15.1 Å². The maximum atomic E-state index is 13.3. The van der Waals surface area contributed by atoms with E-state index >= 15 is 0 Å². The van der Waals surface area contributed by atoms with Gasteiger partial charge in [-0.2, -0.15) is 9.78 Å². The van der Waals surface area contributed by atoms with Crippen LogP contribution < -0.4 is 25.2 Å². The molecule has 1 N–H and O–H groups in total. The van der Waals surface area contributed by atoms with Crippen molar-refractivity contribution in [1.29, 1.82) is 0 Å². The van der Waals surface area contributed by atoms with Gasteiger partial charge in [-0.15, -0.1) is 0 Å². The van der Waals surface area contributed by atoms with Gasteiger partial charge in [0, 0.05) is 48.9 Å². The second kappa shape index (κ2) is 11.4. The number of nitrogens with zero attached hydrogens (tertiary/aromatic N) is 3. The number of benzene rings is 3. The third kappa shape index (κ3) is 5.33. The highest BCUT2D eigenvalue weighted by atomic mass is 16.5. The Morgan fingerprint density at radius 1 is 0.944 bits per heavy atom. The Balaban J connectivity index is 1.59. The average molecular weight is 487 g/mol. The molecule has 0 radical (unpaired) electrons. The predicted octanol–water partition coefficient (Wildman–Crippen LogP) is 4.05. The SMILES string of the molecule is CCN(CCCNC(=O)c1nn(-c2cc(OC)cc(OC)c2)c(=O)c2ccccc12)c1ccccc1. The van der Waals surface area contributed by atoms with Crippen molar-refractivity contribution in [2.45, 2.75) is 13.3 Å². The van der Waals surface area contributed by atoms with E-state index in [1.54, 1.807) is 42.5 Å². The molecule has 3 aromatic carbocycles. The number of ether oxygens (including phenoxy) is 2. The van der Waals surface area contributed by atoms with Gasteiger partial charge in [-0.3, -0.25) is 9.59 Å². The van der Waals surface area contributed by atoms with Crippen molar-refractivity contribution in [3.05, 3.63) is 88.8 Å². The number of fused-ring (bicyclic) bond motifs is 1. The molecule has 1 amide bonds. The molecular weight excluding hydrogens is 456 g/mol. The molecule has 8 nitrogen and oxygen atoms in total. The lowest BCUT2D eigenvalue weighted by atomic mass is 10.1.